The van der Waals surface area contributed by atoms with E-state index in [-0.39, 0.29) is 24.8 Å². The van der Waals surface area contributed by atoms with Crippen molar-refractivity contribution < 1.29 is 14.0 Å². The van der Waals surface area contributed by atoms with Crippen molar-refractivity contribution in [3.8, 4) is 0 Å². The highest BCUT2D eigenvalue weighted by molar-refractivity contribution is 5.93. The van der Waals surface area contributed by atoms with Gasteiger partial charge in [0.05, 0.1) is 5.52 Å². The van der Waals surface area contributed by atoms with E-state index in [1.54, 1.807) is 18.2 Å². The number of H-pyrrole nitrogens is 1. The zero-order valence-electron chi connectivity index (χ0n) is 12.8. The lowest BCUT2D eigenvalue weighted by atomic mass is 9.96. The van der Waals surface area contributed by atoms with Crippen LogP contribution in [0, 0.1) is 5.41 Å². The van der Waals surface area contributed by atoms with Crippen molar-refractivity contribution in [2.45, 2.75) is 27.2 Å². The number of carbonyl (C=O) groups excluding carboxylic acids is 2. The lowest BCUT2D eigenvalue weighted by Crippen LogP contribution is -2.36. The Labute approximate surface area is 127 Å². The monoisotopic (exact) mass is 305 g/mol. The van der Waals surface area contributed by atoms with E-state index >= 15 is 0 Å². The average molecular weight is 305 g/mol. The van der Waals surface area contributed by atoms with Crippen LogP contribution >= 0.6 is 0 Å². The molecule has 7 nitrogen and oxygen atoms in total. The van der Waals surface area contributed by atoms with Gasteiger partial charge in [0.1, 0.15) is 0 Å². The molecule has 0 atom stereocenters. The fraction of sp³-hybridized carbons (Fsp3) is 0.400. The van der Waals surface area contributed by atoms with Crippen molar-refractivity contribution in [2.75, 3.05) is 11.9 Å². The molecule has 0 unspecified atom stereocenters. The van der Waals surface area contributed by atoms with Crippen molar-refractivity contribution in [3.05, 3.63) is 28.7 Å². The van der Waals surface area contributed by atoms with E-state index in [0.29, 0.717) is 16.8 Å². The van der Waals surface area contributed by atoms with Crippen LogP contribution in [0.2, 0.25) is 0 Å². The minimum Gasteiger partial charge on any atom is -0.408 e. The van der Waals surface area contributed by atoms with Crippen LogP contribution in [-0.4, -0.2) is 23.3 Å². The van der Waals surface area contributed by atoms with E-state index in [4.69, 9.17) is 4.42 Å². The fourth-order valence-corrected chi connectivity index (χ4v) is 1.81. The molecule has 2 aromatic rings. The third-order valence-corrected chi connectivity index (χ3v) is 3.02. The van der Waals surface area contributed by atoms with Crippen LogP contribution in [0.25, 0.3) is 11.1 Å². The Morgan fingerprint density at radius 3 is 2.68 bits per heavy atom. The molecule has 0 fully saturated rings. The Morgan fingerprint density at radius 2 is 2.00 bits per heavy atom. The van der Waals surface area contributed by atoms with Crippen LogP contribution in [-0.2, 0) is 9.59 Å². The standard InChI is InChI=1S/C15H19N3O4/c1-15(2,3)13(20)16-7-6-12(19)17-9-4-5-11-10(8-9)18-14(21)22-11/h4-5,8H,6-7H2,1-3H3,(H,16,20)(H,17,19)(H,18,21). The van der Waals surface area contributed by atoms with E-state index in [1.807, 2.05) is 20.8 Å². The van der Waals surface area contributed by atoms with Gasteiger partial charge in [-0.1, -0.05) is 20.8 Å². The quantitative estimate of drug-likeness (QED) is 0.798. The molecule has 1 heterocycles. The van der Waals surface area contributed by atoms with Gasteiger partial charge in [0.25, 0.3) is 0 Å². The predicted molar refractivity (Wildman–Crippen MR) is 82.5 cm³/mol. The summed E-state index contributed by atoms with van der Waals surface area (Å²) >= 11 is 0. The summed E-state index contributed by atoms with van der Waals surface area (Å²) < 4.78 is 4.88. The summed E-state index contributed by atoms with van der Waals surface area (Å²) in [5, 5.41) is 5.41. The SMILES string of the molecule is CC(C)(C)C(=O)NCCC(=O)Nc1ccc2oc(=O)[nH]c2c1. The molecule has 1 aromatic heterocycles. The first-order valence-corrected chi connectivity index (χ1v) is 6.97. The second-order valence-corrected chi connectivity index (χ2v) is 6.03. The summed E-state index contributed by atoms with van der Waals surface area (Å²) in [6.07, 6.45) is 0.168. The van der Waals surface area contributed by atoms with Crippen molar-refractivity contribution in [1.29, 1.82) is 0 Å². The summed E-state index contributed by atoms with van der Waals surface area (Å²) in [7, 11) is 0. The normalized spacial score (nSPS) is 11.4. The first kappa shape index (κ1) is 15.8. The number of amides is 2. The van der Waals surface area contributed by atoms with E-state index in [0.717, 1.165) is 0 Å². The zero-order chi connectivity index (χ0) is 16.3. The van der Waals surface area contributed by atoms with E-state index in [1.165, 1.54) is 0 Å². The summed E-state index contributed by atoms with van der Waals surface area (Å²) in [4.78, 5) is 37.1. The van der Waals surface area contributed by atoms with Gasteiger partial charge in [-0.25, -0.2) is 4.79 Å². The first-order chi connectivity index (χ1) is 10.3. The smallest absolute Gasteiger partial charge is 0.408 e. The molecule has 118 valence electrons. The van der Waals surface area contributed by atoms with Gasteiger partial charge in [-0.2, -0.15) is 0 Å². The number of carbonyl (C=O) groups is 2. The van der Waals surface area contributed by atoms with Crippen LogP contribution in [0.5, 0.6) is 0 Å². The lowest BCUT2D eigenvalue weighted by molar-refractivity contribution is -0.128. The van der Waals surface area contributed by atoms with E-state index in [2.05, 4.69) is 15.6 Å². The Balaban J connectivity index is 1.88. The number of hydrogen-bond acceptors (Lipinski definition) is 4. The molecule has 0 aliphatic heterocycles. The Bertz CT molecular complexity index is 752. The number of fused-ring (bicyclic) bond motifs is 1. The van der Waals surface area contributed by atoms with Crippen molar-refractivity contribution in [2.24, 2.45) is 5.41 Å². The van der Waals surface area contributed by atoms with Crippen LogP contribution in [0.3, 0.4) is 0 Å². The topological polar surface area (TPSA) is 104 Å². The van der Waals surface area contributed by atoms with E-state index < -0.39 is 11.2 Å². The molecule has 0 aliphatic rings. The molecule has 0 saturated carbocycles. The number of aromatic nitrogens is 1. The number of rotatable bonds is 4. The molecular weight excluding hydrogens is 286 g/mol. The molecule has 0 saturated heterocycles. The second-order valence-electron chi connectivity index (χ2n) is 6.03. The van der Waals surface area contributed by atoms with Gasteiger partial charge < -0.3 is 15.1 Å². The van der Waals surface area contributed by atoms with Gasteiger partial charge in [0.2, 0.25) is 11.8 Å². The number of oxazole rings is 1. The Kier molecular flexibility index (Phi) is 4.35. The van der Waals surface area contributed by atoms with Crippen molar-refractivity contribution in [1.82, 2.24) is 10.3 Å². The van der Waals surface area contributed by atoms with E-state index in [9.17, 15) is 14.4 Å². The highest BCUT2D eigenvalue weighted by Crippen LogP contribution is 2.16. The number of hydrogen-bond donors (Lipinski definition) is 3. The molecular formula is C15H19N3O4. The molecule has 22 heavy (non-hydrogen) atoms. The maximum Gasteiger partial charge on any atom is 0.417 e. The van der Waals surface area contributed by atoms with Gasteiger partial charge in [0.15, 0.2) is 5.58 Å². The third-order valence-electron chi connectivity index (χ3n) is 3.02. The Hall–Kier alpha value is -2.57. The predicted octanol–water partition coefficient (Wildman–Crippen LogP) is 1.61. The largest absolute Gasteiger partial charge is 0.417 e. The lowest BCUT2D eigenvalue weighted by Gasteiger charge is -2.17. The van der Waals surface area contributed by atoms with Gasteiger partial charge in [0, 0.05) is 24.1 Å². The molecule has 2 rings (SSSR count). The summed E-state index contributed by atoms with van der Waals surface area (Å²) in [6, 6.07) is 4.86. The molecule has 7 heteroatoms. The average Bonchev–Trinajstić information content (AvgIpc) is 2.76. The first-order valence-electron chi connectivity index (χ1n) is 6.97. The fourth-order valence-electron chi connectivity index (χ4n) is 1.81. The van der Waals surface area contributed by atoms with Gasteiger partial charge >= 0.3 is 5.76 Å². The van der Waals surface area contributed by atoms with Gasteiger partial charge in [-0.3, -0.25) is 14.6 Å². The number of anilines is 1. The van der Waals surface area contributed by atoms with Gasteiger partial charge in [-0.05, 0) is 18.2 Å². The molecule has 0 radical (unpaired) electrons. The number of benzene rings is 1. The molecule has 0 aliphatic carbocycles. The summed E-state index contributed by atoms with van der Waals surface area (Å²) in [6.45, 7) is 5.70. The van der Waals surface area contributed by atoms with Crippen LogP contribution in [0.1, 0.15) is 27.2 Å². The minimum atomic E-state index is -0.539. The summed E-state index contributed by atoms with van der Waals surface area (Å²) in [5.74, 6) is -0.861. The maximum atomic E-state index is 11.8. The molecule has 3 N–H and O–H groups in total. The van der Waals surface area contributed by atoms with Crippen molar-refractivity contribution in [3.63, 3.8) is 0 Å². The zero-order valence-corrected chi connectivity index (χ0v) is 12.8. The van der Waals surface area contributed by atoms with Crippen molar-refractivity contribution >= 4 is 28.6 Å². The van der Waals surface area contributed by atoms with Crippen LogP contribution in [0.4, 0.5) is 5.69 Å². The van der Waals surface area contributed by atoms with Crippen LogP contribution in [0.15, 0.2) is 27.4 Å². The van der Waals surface area contributed by atoms with Gasteiger partial charge in [-0.15, -0.1) is 0 Å². The molecule has 1 aromatic carbocycles. The highest BCUT2D eigenvalue weighted by atomic mass is 16.4. The minimum absolute atomic E-state index is 0.0994. The summed E-state index contributed by atoms with van der Waals surface area (Å²) in [5.41, 5.74) is 1.02. The van der Waals surface area contributed by atoms with Crippen LogP contribution < -0.4 is 16.4 Å². The molecule has 0 spiro atoms. The second kappa shape index (κ2) is 6.05. The highest BCUT2D eigenvalue weighted by Gasteiger charge is 2.20. The maximum absolute atomic E-state index is 11.8. The number of aromatic amines is 1. The Morgan fingerprint density at radius 1 is 1.27 bits per heavy atom. The molecule has 2 amide bonds. The third kappa shape index (κ3) is 3.97. The number of nitrogens with one attached hydrogen (secondary N) is 3. The molecule has 0 bridgehead atoms.